The van der Waals surface area contributed by atoms with Crippen molar-refractivity contribution in [3.63, 3.8) is 0 Å². The Hall–Kier alpha value is -2.72. The predicted molar refractivity (Wildman–Crippen MR) is 111 cm³/mol. The van der Waals surface area contributed by atoms with E-state index >= 15 is 0 Å². The summed E-state index contributed by atoms with van der Waals surface area (Å²) < 4.78 is 32.6. The number of nitrogens with zero attached hydrogens (tertiary/aromatic N) is 5. The van der Waals surface area contributed by atoms with Crippen LogP contribution in [0.5, 0.6) is 0 Å². The smallest absolute Gasteiger partial charge is 0.227 e. The lowest BCUT2D eigenvalue weighted by atomic mass is 10.2. The van der Waals surface area contributed by atoms with E-state index in [1.54, 1.807) is 6.07 Å². The topological polar surface area (TPSA) is 104 Å². The number of rotatable bonds is 6. The van der Waals surface area contributed by atoms with Crippen LogP contribution in [-0.2, 0) is 15.8 Å². The van der Waals surface area contributed by atoms with Gasteiger partial charge in [0.1, 0.15) is 17.3 Å². The highest BCUT2D eigenvalue weighted by Crippen LogP contribution is 2.22. The summed E-state index contributed by atoms with van der Waals surface area (Å²) in [5, 5.41) is 7.89. The fraction of sp³-hybridized carbons (Fsp3) is 0.421. The standard InChI is InChI=1S/C19H24N6O3S/c1-3-20-18-12-14(2)21-19(22-18)24-8-10-25(11-9-24)29(26,27)13-16-15-6-4-5-7-17(15)28-23-16/h4-7,12H,3,8-11,13H2,1-2H3,(H,20,21,22). The molecule has 3 aromatic rings. The van der Waals surface area contributed by atoms with Crippen molar-refractivity contribution in [2.75, 3.05) is 42.9 Å². The van der Waals surface area contributed by atoms with Gasteiger partial charge >= 0.3 is 0 Å². The zero-order valence-electron chi connectivity index (χ0n) is 16.5. The fourth-order valence-corrected chi connectivity index (χ4v) is 4.89. The number of para-hydroxylation sites is 1. The van der Waals surface area contributed by atoms with Crippen molar-refractivity contribution in [1.82, 2.24) is 19.4 Å². The summed E-state index contributed by atoms with van der Waals surface area (Å²) >= 11 is 0. The normalized spacial score (nSPS) is 15.7. The molecule has 1 aliphatic rings. The van der Waals surface area contributed by atoms with Gasteiger partial charge in [-0.3, -0.25) is 0 Å². The lowest BCUT2D eigenvalue weighted by molar-refractivity contribution is 0.380. The molecule has 2 aromatic heterocycles. The van der Waals surface area contributed by atoms with Crippen LogP contribution >= 0.6 is 0 Å². The summed E-state index contributed by atoms with van der Waals surface area (Å²) in [4.78, 5) is 11.1. The van der Waals surface area contributed by atoms with Crippen LogP contribution in [-0.4, -0.2) is 60.6 Å². The number of hydrogen-bond acceptors (Lipinski definition) is 8. The van der Waals surface area contributed by atoms with Crippen LogP contribution in [0.4, 0.5) is 11.8 Å². The predicted octanol–water partition coefficient (Wildman–Crippen LogP) is 2.01. The Labute approximate surface area is 169 Å². The SMILES string of the molecule is CCNc1cc(C)nc(N2CCN(S(=O)(=O)Cc3noc4ccccc34)CC2)n1. The van der Waals surface area contributed by atoms with Gasteiger partial charge in [0.25, 0.3) is 0 Å². The second kappa shape index (κ2) is 7.96. The second-order valence-corrected chi connectivity index (χ2v) is 8.96. The minimum atomic E-state index is -3.50. The average molecular weight is 417 g/mol. The molecule has 0 atom stereocenters. The molecule has 1 saturated heterocycles. The lowest BCUT2D eigenvalue weighted by Crippen LogP contribution is -2.49. The third-order valence-electron chi connectivity index (χ3n) is 4.89. The number of anilines is 2. The number of benzene rings is 1. The van der Waals surface area contributed by atoms with Gasteiger partial charge in [0, 0.05) is 49.9 Å². The first kappa shape index (κ1) is 19.6. The molecular formula is C19H24N6O3S. The largest absolute Gasteiger partial charge is 0.370 e. The minimum absolute atomic E-state index is 0.171. The summed E-state index contributed by atoms with van der Waals surface area (Å²) in [6.45, 7) is 6.55. The molecule has 4 rings (SSSR count). The number of sulfonamides is 1. The quantitative estimate of drug-likeness (QED) is 0.651. The van der Waals surface area contributed by atoms with Gasteiger partial charge in [-0.25, -0.2) is 13.4 Å². The molecule has 0 saturated carbocycles. The monoisotopic (exact) mass is 416 g/mol. The summed E-state index contributed by atoms with van der Waals surface area (Å²) in [5.74, 6) is 1.23. The van der Waals surface area contributed by atoms with Gasteiger partial charge < -0.3 is 14.7 Å². The lowest BCUT2D eigenvalue weighted by Gasteiger charge is -2.34. The van der Waals surface area contributed by atoms with Crippen LogP contribution in [0.1, 0.15) is 18.3 Å². The van der Waals surface area contributed by atoms with E-state index in [1.165, 1.54) is 4.31 Å². The van der Waals surface area contributed by atoms with Gasteiger partial charge in [-0.15, -0.1) is 0 Å². The highest BCUT2D eigenvalue weighted by atomic mass is 32.2. The maximum Gasteiger partial charge on any atom is 0.227 e. The van der Waals surface area contributed by atoms with Crippen molar-refractivity contribution in [3.05, 3.63) is 41.7 Å². The summed E-state index contributed by atoms with van der Waals surface area (Å²) in [5.41, 5.74) is 1.91. The van der Waals surface area contributed by atoms with Gasteiger partial charge in [-0.1, -0.05) is 17.3 Å². The number of piperazine rings is 1. The number of aryl methyl sites for hydroxylation is 1. The van der Waals surface area contributed by atoms with E-state index in [9.17, 15) is 8.42 Å². The molecule has 1 fully saturated rings. The molecule has 1 aromatic carbocycles. The van der Waals surface area contributed by atoms with Gasteiger partial charge in [-0.2, -0.15) is 9.29 Å². The first-order chi connectivity index (χ1) is 14.0. The summed E-state index contributed by atoms with van der Waals surface area (Å²) in [6.07, 6.45) is 0. The molecule has 0 bridgehead atoms. The zero-order valence-corrected chi connectivity index (χ0v) is 17.3. The number of aromatic nitrogens is 3. The van der Waals surface area contributed by atoms with E-state index in [2.05, 4.69) is 20.4 Å². The number of hydrogen-bond donors (Lipinski definition) is 1. The number of nitrogens with one attached hydrogen (secondary N) is 1. The first-order valence-electron chi connectivity index (χ1n) is 9.62. The highest BCUT2D eigenvalue weighted by molar-refractivity contribution is 7.88. The minimum Gasteiger partial charge on any atom is -0.370 e. The third-order valence-corrected chi connectivity index (χ3v) is 6.68. The van der Waals surface area contributed by atoms with Gasteiger partial charge in [0.15, 0.2) is 5.58 Å². The molecular weight excluding hydrogens is 392 g/mol. The zero-order chi connectivity index (χ0) is 20.4. The maximum absolute atomic E-state index is 12.9. The van der Waals surface area contributed by atoms with E-state index < -0.39 is 10.0 Å². The molecule has 0 unspecified atom stereocenters. The molecule has 10 heteroatoms. The van der Waals surface area contributed by atoms with Crippen LogP contribution in [0.25, 0.3) is 11.0 Å². The fourth-order valence-electron chi connectivity index (χ4n) is 3.44. The van der Waals surface area contributed by atoms with Gasteiger partial charge in [0.05, 0.1) is 0 Å². The molecule has 29 heavy (non-hydrogen) atoms. The Morgan fingerprint density at radius 1 is 1.14 bits per heavy atom. The summed E-state index contributed by atoms with van der Waals surface area (Å²) in [7, 11) is -3.50. The van der Waals surface area contributed by atoms with Crippen molar-refractivity contribution in [3.8, 4) is 0 Å². The van der Waals surface area contributed by atoms with E-state index in [-0.39, 0.29) is 5.75 Å². The van der Waals surface area contributed by atoms with Crippen molar-refractivity contribution in [1.29, 1.82) is 0 Å². The highest BCUT2D eigenvalue weighted by Gasteiger charge is 2.29. The number of fused-ring (bicyclic) bond motifs is 1. The van der Waals surface area contributed by atoms with Crippen LogP contribution in [0.15, 0.2) is 34.9 Å². The Bertz CT molecular complexity index is 1110. The van der Waals surface area contributed by atoms with Crippen molar-refractivity contribution >= 4 is 32.8 Å². The Morgan fingerprint density at radius 3 is 2.66 bits per heavy atom. The van der Waals surface area contributed by atoms with E-state index in [1.807, 2.05) is 43.0 Å². The molecule has 154 valence electrons. The van der Waals surface area contributed by atoms with Crippen molar-refractivity contribution < 1.29 is 12.9 Å². The van der Waals surface area contributed by atoms with Gasteiger partial charge in [0.2, 0.25) is 16.0 Å². The Balaban J connectivity index is 1.45. The van der Waals surface area contributed by atoms with E-state index in [4.69, 9.17) is 4.52 Å². The molecule has 0 spiro atoms. The second-order valence-electron chi connectivity index (χ2n) is 6.99. The van der Waals surface area contributed by atoms with Crippen LogP contribution in [0.2, 0.25) is 0 Å². The maximum atomic E-state index is 12.9. The third kappa shape index (κ3) is 4.18. The molecule has 1 aliphatic heterocycles. The van der Waals surface area contributed by atoms with Gasteiger partial charge in [-0.05, 0) is 26.0 Å². The van der Waals surface area contributed by atoms with Crippen LogP contribution < -0.4 is 10.2 Å². The van der Waals surface area contributed by atoms with Crippen molar-refractivity contribution in [2.45, 2.75) is 19.6 Å². The molecule has 0 amide bonds. The van der Waals surface area contributed by atoms with E-state index in [0.29, 0.717) is 43.4 Å². The Morgan fingerprint density at radius 2 is 1.90 bits per heavy atom. The van der Waals surface area contributed by atoms with Crippen LogP contribution in [0.3, 0.4) is 0 Å². The first-order valence-corrected chi connectivity index (χ1v) is 11.2. The molecule has 1 N–H and O–H groups in total. The average Bonchev–Trinajstić information content (AvgIpc) is 3.10. The molecule has 0 radical (unpaired) electrons. The van der Waals surface area contributed by atoms with Crippen molar-refractivity contribution in [2.24, 2.45) is 0 Å². The molecule has 0 aliphatic carbocycles. The van der Waals surface area contributed by atoms with E-state index in [0.717, 1.165) is 23.4 Å². The molecule has 3 heterocycles. The summed E-state index contributed by atoms with van der Waals surface area (Å²) in [6, 6.07) is 9.18. The van der Waals surface area contributed by atoms with Crippen LogP contribution in [0, 0.1) is 6.92 Å². The molecule has 9 nitrogen and oxygen atoms in total. The Kier molecular flexibility index (Phi) is 5.37.